The number of carboxylic acids is 1. The summed E-state index contributed by atoms with van der Waals surface area (Å²) in [5.41, 5.74) is 9.13. The molecule has 124 valence electrons. The summed E-state index contributed by atoms with van der Waals surface area (Å²) in [4.78, 5) is 38.6. The molecule has 0 bridgehead atoms. The van der Waals surface area contributed by atoms with Crippen LogP contribution in [0.25, 0.3) is 0 Å². The summed E-state index contributed by atoms with van der Waals surface area (Å²) in [6.45, 7) is 0. The molecule has 0 aliphatic heterocycles. The van der Waals surface area contributed by atoms with E-state index in [1.165, 1.54) is 30.5 Å². The fourth-order valence-electron chi connectivity index (χ4n) is 2.69. The Bertz CT molecular complexity index is 868. The Morgan fingerprint density at radius 1 is 1.08 bits per heavy atom. The van der Waals surface area contributed by atoms with Gasteiger partial charge in [0, 0.05) is 6.20 Å². The summed E-state index contributed by atoms with van der Waals surface area (Å²) < 4.78 is 0. The molecule has 0 radical (unpaired) electrons. The van der Waals surface area contributed by atoms with Crippen molar-refractivity contribution >= 4 is 17.5 Å². The van der Waals surface area contributed by atoms with Crippen molar-refractivity contribution in [3.8, 4) is 0 Å². The van der Waals surface area contributed by atoms with Gasteiger partial charge in [-0.3, -0.25) is 14.6 Å². The molecule has 1 heterocycles. The average molecular weight is 335 g/mol. The number of ketones is 2. The topological polar surface area (TPSA) is 121 Å². The molecule has 0 spiro atoms. The smallest absolute Gasteiger partial charge is 0.335 e. The number of hydrogen-bond acceptors (Lipinski definition) is 6. The minimum Gasteiger partial charge on any atom is -0.478 e. The molecule has 0 fully saturated rings. The van der Waals surface area contributed by atoms with Crippen molar-refractivity contribution in [3.63, 3.8) is 0 Å². The lowest BCUT2D eigenvalue weighted by Crippen LogP contribution is -2.13. The van der Waals surface area contributed by atoms with Gasteiger partial charge in [0.15, 0.2) is 11.6 Å². The molecule has 7 nitrogen and oxygen atoms in total. The molecule has 2 N–H and O–H groups in total. The highest BCUT2D eigenvalue weighted by molar-refractivity contribution is 6.22. The predicted octanol–water partition coefficient (Wildman–Crippen LogP) is 2.69. The van der Waals surface area contributed by atoms with E-state index in [9.17, 15) is 14.4 Å². The molecule has 0 amide bonds. The normalized spacial score (nSPS) is 15.4. The fraction of sp³-hybridized carbons (Fsp3) is 0.111. The molecule has 1 atom stereocenters. The lowest BCUT2D eigenvalue weighted by Gasteiger charge is -2.13. The first-order valence-corrected chi connectivity index (χ1v) is 7.42. The number of carbonyl (C=O) groups is 3. The van der Waals surface area contributed by atoms with Gasteiger partial charge in [0.25, 0.3) is 0 Å². The molecule has 1 aliphatic carbocycles. The van der Waals surface area contributed by atoms with Gasteiger partial charge in [0.2, 0.25) is 0 Å². The van der Waals surface area contributed by atoms with E-state index in [1.807, 2.05) is 0 Å². The molecule has 3 rings (SSSR count). The van der Waals surface area contributed by atoms with Crippen LogP contribution in [0.15, 0.2) is 59.9 Å². The molecule has 25 heavy (non-hydrogen) atoms. The van der Waals surface area contributed by atoms with E-state index >= 15 is 0 Å². The van der Waals surface area contributed by atoms with Crippen molar-refractivity contribution in [1.29, 1.82) is 5.53 Å². The maximum atomic E-state index is 11.7. The number of nitrogens with one attached hydrogen (secondary N) is 1. The van der Waals surface area contributed by atoms with Crippen LogP contribution in [-0.4, -0.2) is 27.6 Å². The summed E-state index contributed by atoms with van der Waals surface area (Å²) in [6, 6.07) is 8.58. The van der Waals surface area contributed by atoms with Crippen LogP contribution in [0, 0.1) is 5.53 Å². The Morgan fingerprint density at radius 3 is 2.20 bits per heavy atom. The molecule has 0 saturated heterocycles. The number of hydrogen-bond donors (Lipinski definition) is 2. The van der Waals surface area contributed by atoms with Crippen LogP contribution >= 0.6 is 0 Å². The summed E-state index contributed by atoms with van der Waals surface area (Å²) in [5, 5.41) is 12.5. The second-order valence-corrected chi connectivity index (χ2v) is 5.55. The number of aromatic nitrogens is 1. The van der Waals surface area contributed by atoms with E-state index in [0.717, 1.165) is 0 Å². The van der Waals surface area contributed by atoms with Crippen LogP contribution in [0.5, 0.6) is 0 Å². The van der Waals surface area contributed by atoms with E-state index in [2.05, 4.69) is 10.1 Å². The van der Waals surface area contributed by atoms with Gasteiger partial charge in [-0.2, -0.15) is 5.11 Å². The highest BCUT2D eigenvalue weighted by Gasteiger charge is 2.30. The van der Waals surface area contributed by atoms with Gasteiger partial charge in [-0.25, -0.2) is 10.3 Å². The Hall–Kier alpha value is -3.48. The highest BCUT2D eigenvalue weighted by Crippen LogP contribution is 2.28. The molecular formula is C18H13N3O4. The third-order valence-corrected chi connectivity index (χ3v) is 4.01. The van der Waals surface area contributed by atoms with Crippen molar-refractivity contribution < 1.29 is 19.5 Å². The second kappa shape index (κ2) is 6.56. The maximum absolute atomic E-state index is 11.7. The molecular weight excluding hydrogens is 322 g/mol. The van der Waals surface area contributed by atoms with Gasteiger partial charge in [0.05, 0.1) is 11.3 Å². The Morgan fingerprint density at radius 2 is 1.72 bits per heavy atom. The number of carbonyl (C=O) groups excluding carboxylic acids is 2. The first-order valence-electron chi connectivity index (χ1n) is 7.42. The van der Waals surface area contributed by atoms with Crippen molar-refractivity contribution in [2.75, 3.05) is 0 Å². The van der Waals surface area contributed by atoms with Gasteiger partial charge < -0.3 is 5.11 Å². The first-order chi connectivity index (χ1) is 12.0. The second-order valence-electron chi connectivity index (χ2n) is 5.55. The molecule has 1 unspecified atom stereocenters. The summed E-state index contributed by atoms with van der Waals surface area (Å²) in [6.07, 6.45) is 3.95. The number of allylic oxidation sites excluding steroid dienone is 2. The molecule has 1 aliphatic rings. The number of carboxylic acid groups (broad SMARTS) is 1. The minimum atomic E-state index is -1.03. The zero-order valence-electron chi connectivity index (χ0n) is 12.9. The van der Waals surface area contributed by atoms with E-state index in [-0.39, 0.29) is 17.1 Å². The molecule has 2 aromatic rings. The number of rotatable bonds is 5. The van der Waals surface area contributed by atoms with Crippen LogP contribution in [0.1, 0.15) is 39.1 Å². The first kappa shape index (κ1) is 16.4. The molecule has 7 heteroatoms. The monoisotopic (exact) mass is 335 g/mol. The standard InChI is InChI=1S/C18H13N3O4/c19-21-17(10-1-3-11(4-2-10)18(24)25)13-6-5-12(9-20-13)16-14(22)7-8-15(16)23/h1-9,16-17,19H,(H,24,25). The summed E-state index contributed by atoms with van der Waals surface area (Å²) in [5.74, 6) is -2.42. The number of benzene rings is 1. The Balaban J connectivity index is 1.87. The third-order valence-electron chi connectivity index (χ3n) is 4.01. The lowest BCUT2D eigenvalue weighted by atomic mass is 9.95. The molecule has 1 aromatic heterocycles. The van der Waals surface area contributed by atoms with Gasteiger partial charge in [-0.05, 0) is 41.5 Å². The van der Waals surface area contributed by atoms with E-state index in [0.29, 0.717) is 16.8 Å². The van der Waals surface area contributed by atoms with E-state index in [1.54, 1.807) is 24.3 Å². The molecule has 0 saturated carbocycles. The van der Waals surface area contributed by atoms with Crippen LogP contribution < -0.4 is 0 Å². The van der Waals surface area contributed by atoms with Crippen LogP contribution in [0.2, 0.25) is 0 Å². The Kier molecular flexibility index (Phi) is 4.30. The van der Waals surface area contributed by atoms with E-state index < -0.39 is 17.9 Å². The van der Waals surface area contributed by atoms with Crippen molar-refractivity contribution in [3.05, 3.63) is 77.1 Å². The third kappa shape index (κ3) is 3.12. The number of pyridine rings is 1. The lowest BCUT2D eigenvalue weighted by molar-refractivity contribution is -0.122. The van der Waals surface area contributed by atoms with Gasteiger partial charge in [-0.1, -0.05) is 18.2 Å². The highest BCUT2D eigenvalue weighted by atomic mass is 16.4. The largest absolute Gasteiger partial charge is 0.478 e. The van der Waals surface area contributed by atoms with Crippen LogP contribution in [0.3, 0.4) is 0 Å². The number of aromatic carboxylic acids is 1. The average Bonchev–Trinajstić information content (AvgIpc) is 2.95. The van der Waals surface area contributed by atoms with Crippen LogP contribution in [-0.2, 0) is 9.59 Å². The van der Waals surface area contributed by atoms with E-state index in [4.69, 9.17) is 10.6 Å². The zero-order valence-corrected chi connectivity index (χ0v) is 12.9. The quantitative estimate of drug-likeness (QED) is 0.643. The minimum absolute atomic E-state index is 0.140. The summed E-state index contributed by atoms with van der Waals surface area (Å²) in [7, 11) is 0. The van der Waals surface area contributed by atoms with Gasteiger partial charge >= 0.3 is 5.97 Å². The van der Waals surface area contributed by atoms with Gasteiger partial charge in [-0.15, -0.1) is 0 Å². The zero-order chi connectivity index (χ0) is 18.0. The summed E-state index contributed by atoms with van der Waals surface area (Å²) >= 11 is 0. The van der Waals surface area contributed by atoms with Crippen molar-refractivity contribution in [2.45, 2.75) is 12.0 Å². The maximum Gasteiger partial charge on any atom is 0.335 e. The van der Waals surface area contributed by atoms with Crippen molar-refractivity contribution in [2.24, 2.45) is 5.11 Å². The molecule has 1 aromatic carbocycles. The van der Waals surface area contributed by atoms with Gasteiger partial charge in [0.1, 0.15) is 12.0 Å². The SMILES string of the molecule is N=NC(c1ccc(C(=O)O)cc1)c1ccc(C2C(=O)C=CC2=O)cn1. The van der Waals surface area contributed by atoms with Crippen LogP contribution in [0.4, 0.5) is 0 Å². The predicted molar refractivity (Wildman–Crippen MR) is 86.5 cm³/mol. The fourth-order valence-corrected chi connectivity index (χ4v) is 2.69. The van der Waals surface area contributed by atoms with Crippen molar-refractivity contribution in [1.82, 2.24) is 4.98 Å². The number of nitrogens with zero attached hydrogens (tertiary/aromatic N) is 2. The Labute approximate surface area is 142 Å².